The first-order valence-electron chi connectivity index (χ1n) is 5.27. The molecule has 1 heterocycles. The van der Waals surface area contributed by atoms with Gasteiger partial charge in [0.1, 0.15) is 12.3 Å². The summed E-state index contributed by atoms with van der Waals surface area (Å²) in [4.78, 5) is 29.0. The number of hydrogen-bond donors (Lipinski definition) is 2. The van der Waals surface area contributed by atoms with Crippen molar-refractivity contribution in [1.82, 2.24) is 15.3 Å². The standard InChI is InChI=1S/C10H10F3N3O4/c11-10(12,13)5-20-2-1-14-8(17)6-3-16-7(4-15-6)9(18)19/h3-4H,1-2,5H2,(H,14,17)(H,18,19). The predicted octanol–water partition coefficient (Wildman–Crippen LogP) is 0.483. The number of nitrogens with one attached hydrogen (secondary N) is 1. The number of alkyl halides is 3. The number of carboxylic acids is 1. The van der Waals surface area contributed by atoms with E-state index in [9.17, 15) is 22.8 Å². The minimum absolute atomic E-state index is 0.142. The van der Waals surface area contributed by atoms with Gasteiger partial charge >= 0.3 is 12.1 Å². The largest absolute Gasteiger partial charge is 0.476 e. The predicted molar refractivity (Wildman–Crippen MR) is 58.2 cm³/mol. The molecule has 7 nitrogen and oxygen atoms in total. The van der Waals surface area contributed by atoms with Crippen LogP contribution in [0.2, 0.25) is 0 Å². The molecule has 1 aromatic rings. The van der Waals surface area contributed by atoms with Crippen molar-refractivity contribution in [3.05, 3.63) is 23.8 Å². The molecule has 1 amide bonds. The van der Waals surface area contributed by atoms with Gasteiger partial charge in [-0.25, -0.2) is 14.8 Å². The molecule has 0 unspecified atom stereocenters. The van der Waals surface area contributed by atoms with E-state index < -0.39 is 24.7 Å². The third-order valence-corrected chi connectivity index (χ3v) is 1.90. The molecular formula is C10H10F3N3O4. The smallest absolute Gasteiger partial charge is 0.411 e. The summed E-state index contributed by atoms with van der Waals surface area (Å²) >= 11 is 0. The summed E-state index contributed by atoms with van der Waals surface area (Å²) in [5, 5.41) is 10.8. The molecule has 20 heavy (non-hydrogen) atoms. The maximum atomic E-state index is 11.7. The van der Waals surface area contributed by atoms with Gasteiger partial charge in [-0.1, -0.05) is 0 Å². The van der Waals surface area contributed by atoms with Gasteiger partial charge in [0, 0.05) is 6.54 Å². The number of carbonyl (C=O) groups is 2. The molecule has 0 fully saturated rings. The van der Waals surface area contributed by atoms with E-state index in [0.29, 0.717) is 0 Å². The number of hydrogen-bond acceptors (Lipinski definition) is 5. The van der Waals surface area contributed by atoms with Gasteiger partial charge in [0.15, 0.2) is 5.69 Å². The molecule has 0 spiro atoms. The van der Waals surface area contributed by atoms with Crippen LogP contribution in [0.3, 0.4) is 0 Å². The monoisotopic (exact) mass is 293 g/mol. The Bertz CT molecular complexity index is 476. The van der Waals surface area contributed by atoms with Crippen LogP contribution in [0.15, 0.2) is 12.4 Å². The topological polar surface area (TPSA) is 101 Å². The SMILES string of the molecule is O=C(O)c1cnc(C(=O)NCCOCC(F)(F)F)cn1. The fourth-order valence-electron chi connectivity index (χ4n) is 1.07. The minimum atomic E-state index is -4.41. The van der Waals surface area contributed by atoms with Crippen LogP contribution in [0, 0.1) is 0 Å². The number of carboxylic acid groups (broad SMARTS) is 1. The number of nitrogens with zero attached hydrogens (tertiary/aromatic N) is 2. The third kappa shape index (κ3) is 5.61. The second kappa shape index (κ2) is 6.80. The average molecular weight is 293 g/mol. The molecule has 110 valence electrons. The van der Waals surface area contributed by atoms with E-state index >= 15 is 0 Å². The van der Waals surface area contributed by atoms with Crippen LogP contribution in [0.1, 0.15) is 21.0 Å². The van der Waals surface area contributed by atoms with Crippen molar-refractivity contribution in [3.63, 3.8) is 0 Å². The van der Waals surface area contributed by atoms with Crippen LogP contribution in [0.25, 0.3) is 0 Å². The zero-order valence-electron chi connectivity index (χ0n) is 9.98. The van der Waals surface area contributed by atoms with Crippen LogP contribution in [0.4, 0.5) is 13.2 Å². The van der Waals surface area contributed by atoms with Gasteiger partial charge < -0.3 is 15.2 Å². The van der Waals surface area contributed by atoms with Gasteiger partial charge in [0.05, 0.1) is 19.0 Å². The highest BCUT2D eigenvalue weighted by molar-refractivity contribution is 5.92. The first-order chi connectivity index (χ1) is 9.29. The number of amides is 1. The number of halogens is 3. The molecule has 0 atom stereocenters. The lowest BCUT2D eigenvalue weighted by molar-refractivity contribution is -0.173. The number of aromatic nitrogens is 2. The van der Waals surface area contributed by atoms with Gasteiger partial charge in [-0.2, -0.15) is 13.2 Å². The fourth-order valence-corrected chi connectivity index (χ4v) is 1.07. The highest BCUT2D eigenvalue weighted by atomic mass is 19.4. The maximum Gasteiger partial charge on any atom is 0.411 e. The Hall–Kier alpha value is -2.23. The Morgan fingerprint density at radius 1 is 1.25 bits per heavy atom. The van der Waals surface area contributed by atoms with E-state index in [4.69, 9.17) is 5.11 Å². The molecule has 2 N–H and O–H groups in total. The summed E-state index contributed by atoms with van der Waals surface area (Å²) in [7, 11) is 0. The van der Waals surface area contributed by atoms with Gasteiger partial charge in [-0.3, -0.25) is 4.79 Å². The van der Waals surface area contributed by atoms with Crippen molar-refractivity contribution in [1.29, 1.82) is 0 Å². The van der Waals surface area contributed by atoms with E-state index in [1.807, 2.05) is 0 Å². The van der Waals surface area contributed by atoms with E-state index in [1.54, 1.807) is 0 Å². The second-order valence-electron chi connectivity index (χ2n) is 3.52. The third-order valence-electron chi connectivity index (χ3n) is 1.90. The molecule has 0 saturated heterocycles. The van der Waals surface area contributed by atoms with Gasteiger partial charge in [0.25, 0.3) is 5.91 Å². The van der Waals surface area contributed by atoms with Crippen LogP contribution in [0.5, 0.6) is 0 Å². The lowest BCUT2D eigenvalue weighted by atomic mass is 10.4. The molecule has 10 heteroatoms. The molecule has 0 aromatic carbocycles. The van der Waals surface area contributed by atoms with Crippen LogP contribution in [-0.4, -0.2) is 52.9 Å². The van der Waals surface area contributed by atoms with Crippen molar-refractivity contribution in [3.8, 4) is 0 Å². The second-order valence-corrected chi connectivity index (χ2v) is 3.52. The molecule has 1 aromatic heterocycles. The highest BCUT2D eigenvalue weighted by Crippen LogP contribution is 2.13. The highest BCUT2D eigenvalue weighted by Gasteiger charge is 2.27. The molecule has 0 bridgehead atoms. The van der Waals surface area contributed by atoms with Gasteiger partial charge in [0.2, 0.25) is 0 Å². The van der Waals surface area contributed by atoms with Crippen molar-refractivity contribution >= 4 is 11.9 Å². The van der Waals surface area contributed by atoms with Gasteiger partial charge in [-0.15, -0.1) is 0 Å². The van der Waals surface area contributed by atoms with E-state index in [1.165, 1.54) is 0 Å². The minimum Gasteiger partial charge on any atom is -0.476 e. The number of carbonyl (C=O) groups excluding carboxylic acids is 1. The molecule has 0 saturated carbocycles. The lowest BCUT2D eigenvalue weighted by Crippen LogP contribution is -2.29. The first kappa shape index (κ1) is 15.8. The van der Waals surface area contributed by atoms with Crippen LogP contribution in [-0.2, 0) is 4.74 Å². The molecule has 0 aliphatic rings. The van der Waals surface area contributed by atoms with Crippen molar-refractivity contribution < 1.29 is 32.6 Å². The Labute approximate surface area is 110 Å². The summed E-state index contributed by atoms with van der Waals surface area (Å²) in [6.07, 6.45) is -2.56. The summed E-state index contributed by atoms with van der Waals surface area (Å²) in [5.74, 6) is -1.98. The Morgan fingerprint density at radius 3 is 2.35 bits per heavy atom. The van der Waals surface area contributed by atoms with Gasteiger partial charge in [-0.05, 0) is 0 Å². The van der Waals surface area contributed by atoms with E-state index in [2.05, 4.69) is 20.0 Å². The Balaban J connectivity index is 2.34. The maximum absolute atomic E-state index is 11.7. The Kier molecular flexibility index (Phi) is 5.38. The summed E-state index contributed by atoms with van der Waals surface area (Å²) in [6.45, 7) is -1.85. The lowest BCUT2D eigenvalue weighted by Gasteiger charge is -2.08. The van der Waals surface area contributed by atoms with E-state index in [-0.39, 0.29) is 24.5 Å². The molecular weight excluding hydrogens is 283 g/mol. The number of rotatable bonds is 6. The van der Waals surface area contributed by atoms with Crippen LogP contribution >= 0.6 is 0 Å². The molecule has 0 aliphatic heterocycles. The summed E-state index contributed by atoms with van der Waals surface area (Å²) < 4.78 is 39.5. The van der Waals surface area contributed by atoms with Crippen molar-refractivity contribution in [2.45, 2.75) is 6.18 Å². The zero-order valence-corrected chi connectivity index (χ0v) is 9.98. The van der Waals surface area contributed by atoms with Crippen molar-refractivity contribution in [2.75, 3.05) is 19.8 Å². The molecule has 0 radical (unpaired) electrons. The number of ether oxygens (including phenoxy) is 1. The van der Waals surface area contributed by atoms with Crippen molar-refractivity contribution in [2.24, 2.45) is 0 Å². The fraction of sp³-hybridized carbons (Fsp3) is 0.400. The molecule has 1 rings (SSSR count). The Morgan fingerprint density at radius 2 is 1.85 bits per heavy atom. The zero-order chi connectivity index (χ0) is 15.2. The van der Waals surface area contributed by atoms with E-state index in [0.717, 1.165) is 12.4 Å². The number of aromatic carboxylic acids is 1. The molecule has 0 aliphatic carbocycles. The average Bonchev–Trinajstić information content (AvgIpc) is 2.37. The first-order valence-corrected chi connectivity index (χ1v) is 5.27. The van der Waals surface area contributed by atoms with Crippen LogP contribution < -0.4 is 5.32 Å². The summed E-state index contributed by atoms with van der Waals surface area (Å²) in [6, 6.07) is 0. The quantitative estimate of drug-likeness (QED) is 0.740. The summed E-state index contributed by atoms with van der Waals surface area (Å²) in [5.41, 5.74) is -0.471. The normalized spacial score (nSPS) is 11.2.